The van der Waals surface area contributed by atoms with Crippen molar-refractivity contribution < 1.29 is 0 Å². The van der Waals surface area contributed by atoms with Crippen molar-refractivity contribution in [3.8, 4) is 0 Å². The minimum atomic E-state index is 0.0623. The van der Waals surface area contributed by atoms with Gasteiger partial charge in [0.25, 0.3) is 0 Å². The van der Waals surface area contributed by atoms with Crippen molar-refractivity contribution in [1.29, 1.82) is 0 Å². The van der Waals surface area contributed by atoms with E-state index < -0.39 is 0 Å². The lowest BCUT2D eigenvalue weighted by Crippen LogP contribution is -2.25. The van der Waals surface area contributed by atoms with Gasteiger partial charge in [0.05, 0.1) is 10.2 Å². The third kappa shape index (κ3) is 3.77. The van der Waals surface area contributed by atoms with E-state index in [4.69, 9.17) is 0 Å². The van der Waals surface area contributed by atoms with Crippen molar-refractivity contribution in [3.05, 3.63) is 54.1 Å². The van der Waals surface area contributed by atoms with E-state index in [2.05, 4.69) is 78.9 Å². The molecule has 0 saturated heterocycles. The molecule has 2 aromatic carbocycles. The highest BCUT2D eigenvalue weighted by atomic mass is 32.1. The Morgan fingerprint density at radius 3 is 2.55 bits per heavy atom. The van der Waals surface area contributed by atoms with Gasteiger partial charge >= 0.3 is 0 Å². The second kappa shape index (κ2) is 5.97. The number of nitrogens with one attached hydrogen (secondary N) is 2. The molecule has 0 spiro atoms. The van der Waals surface area contributed by atoms with E-state index in [0.29, 0.717) is 0 Å². The standard InChI is InChI=1S/C18H21N3S/c1-18(2,3)21-14-9-10-15-16(11-14)22-17(20-15)19-12-13-7-5-4-6-8-13/h4-11,21H,12H2,1-3H3,(H,19,20). The monoisotopic (exact) mass is 311 g/mol. The van der Waals surface area contributed by atoms with Gasteiger partial charge < -0.3 is 10.6 Å². The molecule has 3 rings (SSSR count). The van der Waals surface area contributed by atoms with E-state index in [1.54, 1.807) is 11.3 Å². The maximum absolute atomic E-state index is 4.65. The van der Waals surface area contributed by atoms with Crippen LogP contribution in [0.3, 0.4) is 0 Å². The summed E-state index contributed by atoms with van der Waals surface area (Å²) in [6.07, 6.45) is 0. The first-order chi connectivity index (χ1) is 10.5. The number of fused-ring (bicyclic) bond motifs is 1. The fraction of sp³-hybridized carbons (Fsp3) is 0.278. The molecule has 0 aliphatic rings. The molecule has 114 valence electrons. The number of benzene rings is 2. The van der Waals surface area contributed by atoms with Gasteiger partial charge in [-0.15, -0.1) is 0 Å². The average molecular weight is 311 g/mol. The number of aromatic nitrogens is 1. The summed E-state index contributed by atoms with van der Waals surface area (Å²) >= 11 is 1.69. The summed E-state index contributed by atoms with van der Waals surface area (Å²) in [5.74, 6) is 0. The van der Waals surface area contributed by atoms with Crippen molar-refractivity contribution in [2.45, 2.75) is 32.9 Å². The summed E-state index contributed by atoms with van der Waals surface area (Å²) in [4.78, 5) is 4.65. The van der Waals surface area contributed by atoms with Crippen LogP contribution in [0.15, 0.2) is 48.5 Å². The maximum atomic E-state index is 4.65. The van der Waals surface area contributed by atoms with Crippen LogP contribution in [0.1, 0.15) is 26.3 Å². The van der Waals surface area contributed by atoms with Gasteiger partial charge in [-0.2, -0.15) is 0 Å². The van der Waals surface area contributed by atoms with E-state index in [-0.39, 0.29) is 5.54 Å². The van der Waals surface area contributed by atoms with E-state index in [1.807, 2.05) is 6.07 Å². The predicted molar refractivity (Wildman–Crippen MR) is 96.8 cm³/mol. The first-order valence-electron chi connectivity index (χ1n) is 7.46. The topological polar surface area (TPSA) is 37.0 Å². The molecule has 0 atom stereocenters. The zero-order valence-electron chi connectivity index (χ0n) is 13.2. The van der Waals surface area contributed by atoms with Crippen molar-refractivity contribution in [2.75, 3.05) is 10.6 Å². The van der Waals surface area contributed by atoms with E-state index in [9.17, 15) is 0 Å². The molecule has 3 aromatic rings. The summed E-state index contributed by atoms with van der Waals surface area (Å²) < 4.78 is 1.20. The summed E-state index contributed by atoms with van der Waals surface area (Å²) in [6.45, 7) is 7.29. The normalized spacial score (nSPS) is 11.6. The molecule has 0 amide bonds. The number of rotatable bonds is 4. The molecule has 0 saturated carbocycles. The molecule has 0 fully saturated rings. The van der Waals surface area contributed by atoms with Gasteiger partial charge in [0.15, 0.2) is 5.13 Å². The van der Waals surface area contributed by atoms with Gasteiger partial charge in [-0.1, -0.05) is 41.7 Å². The summed E-state index contributed by atoms with van der Waals surface area (Å²) in [5.41, 5.74) is 3.50. The van der Waals surface area contributed by atoms with Gasteiger partial charge in [-0.05, 0) is 44.5 Å². The number of anilines is 2. The van der Waals surface area contributed by atoms with Gasteiger partial charge in [0.2, 0.25) is 0 Å². The summed E-state index contributed by atoms with van der Waals surface area (Å²) in [6, 6.07) is 16.7. The van der Waals surface area contributed by atoms with Gasteiger partial charge in [0.1, 0.15) is 0 Å². The Labute approximate surface area is 135 Å². The van der Waals surface area contributed by atoms with Crippen molar-refractivity contribution in [1.82, 2.24) is 4.98 Å². The smallest absolute Gasteiger partial charge is 0.184 e. The molecule has 0 bridgehead atoms. The third-order valence-corrected chi connectivity index (χ3v) is 4.17. The number of hydrogen-bond acceptors (Lipinski definition) is 4. The molecule has 2 N–H and O–H groups in total. The largest absolute Gasteiger partial charge is 0.380 e. The Morgan fingerprint density at radius 2 is 1.82 bits per heavy atom. The first kappa shape index (κ1) is 14.9. The second-order valence-electron chi connectivity index (χ2n) is 6.42. The Hall–Kier alpha value is -2.07. The lowest BCUT2D eigenvalue weighted by Gasteiger charge is -2.21. The highest BCUT2D eigenvalue weighted by Gasteiger charge is 2.10. The highest BCUT2D eigenvalue weighted by Crippen LogP contribution is 2.29. The second-order valence-corrected chi connectivity index (χ2v) is 7.45. The first-order valence-corrected chi connectivity index (χ1v) is 8.28. The van der Waals surface area contributed by atoms with Gasteiger partial charge in [-0.25, -0.2) is 4.98 Å². The Balaban J connectivity index is 1.75. The molecule has 0 aliphatic carbocycles. The Morgan fingerprint density at radius 1 is 1.05 bits per heavy atom. The average Bonchev–Trinajstić information content (AvgIpc) is 2.86. The van der Waals surface area contributed by atoms with Crippen LogP contribution >= 0.6 is 11.3 Å². The van der Waals surface area contributed by atoms with E-state index >= 15 is 0 Å². The molecule has 0 aliphatic heterocycles. The molecular formula is C18H21N3S. The zero-order chi connectivity index (χ0) is 15.6. The summed E-state index contributed by atoms with van der Waals surface area (Å²) in [7, 11) is 0. The summed E-state index contributed by atoms with van der Waals surface area (Å²) in [5, 5.41) is 7.87. The van der Waals surface area contributed by atoms with Gasteiger partial charge in [0, 0.05) is 17.8 Å². The minimum absolute atomic E-state index is 0.0623. The van der Waals surface area contributed by atoms with Crippen molar-refractivity contribution >= 4 is 32.4 Å². The number of hydrogen-bond donors (Lipinski definition) is 2. The van der Waals surface area contributed by atoms with Crippen LogP contribution in [0.2, 0.25) is 0 Å². The lowest BCUT2D eigenvalue weighted by atomic mass is 10.1. The SMILES string of the molecule is CC(C)(C)Nc1ccc2nc(NCc3ccccc3)sc2c1. The molecule has 4 heteroatoms. The fourth-order valence-corrected chi connectivity index (χ4v) is 3.19. The number of thiazole rings is 1. The Bertz CT molecular complexity index is 757. The highest BCUT2D eigenvalue weighted by molar-refractivity contribution is 7.22. The molecule has 1 heterocycles. The predicted octanol–water partition coefficient (Wildman–Crippen LogP) is 5.12. The van der Waals surface area contributed by atoms with Crippen LogP contribution in [-0.2, 0) is 6.54 Å². The van der Waals surface area contributed by atoms with Gasteiger partial charge in [-0.3, -0.25) is 0 Å². The van der Waals surface area contributed by atoms with Crippen LogP contribution in [0.5, 0.6) is 0 Å². The number of nitrogens with zero attached hydrogens (tertiary/aromatic N) is 1. The molecule has 3 nitrogen and oxygen atoms in total. The van der Waals surface area contributed by atoms with Crippen LogP contribution in [-0.4, -0.2) is 10.5 Å². The molecule has 22 heavy (non-hydrogen) atoms. The molecule has 1 aromatic heterocycles. The molecule has 0 radical (unpaired) electrons. The quantitative estimate of drug-likeness (QED) is 0.702. The lowest BCUT2D eigenvalue weighted by molar-refractivity contribution is 0.634. The van der Waals surface area contributed by atoms with Crippen molar-refractivity contribution in [3.63, 3.8) is 0 Å². The zero-order valence-corrected chi connectivity index (χ0v) is 14.0. The molecular weight excluding hydrogens is 290 g/mol. The van der Waals surface area contributed by atoms with E-state index in [0.717, 1.165) is 22.9 Å². The fourth-order valence-electron chi connectivity index (χ4n) is 2.28. The third-order valence-electron chi connectivity index (χ3n) is 3.19. The van der Waals surface area contributed by atoms with Crippen molar-refractivity contribution in [2.24, 2.45) is 0 Å². The van der Waals surface area contributed by atoms with Crippen LogP contribution in [0.25, 0.3) is 10.2 Å². The van der Waals surface area contributed by atoms with E-state index in [1.165, 1.54) is 10.3 Å². The minimum Gasteiger partial charge on any atom is -0.380 e. The van der Waals surface area contributed by atoms with Crippen LogP contribution < -0.4 is 10.6 Å². The Kier molecular flexibility index (Phi) is 4.03. The van der Waals surface area contributed by atoms with Crippen LogP contribution in [0, 0.1) is 0 Å². The maximum Gasteiger partial charge on any atom is 0.184 e. The van der Waals surface area contributed by atoms with Crippen LogP contribution in [0.4, 0.5) is 10.8 Å². The molecule has 0 unspecified atom stereocenters.